The lowest BCUT2D eigenvalue weighted by atomic mass is 10.2. The summed E-state index contributed by atoms with van der Waals surface area (Å²) in [7, 11) is 0. The van der Waals surface area contributed by atoms with Crippen molar-refractivity contribution < 1.29 is 4.79 Å². The third kappa shape index (κ3) is 2.77. The van der Waals surface area contributed by atoms with E-state index < -0.39 is 0 Å². The molecule has 20 heavy (non-hydrogen) atoms. The molecule has 2 saturated heterocycles. The van der Waals surface area contributed by atoms with Gasteiger partial charge in [0.25, 0.3) is 0 Å². The Morgan fingerprint density at radius 2 is 2.35 bits per heavy atom. The standard InChI is InChI=1S/C12H17ClN6O/c13-10-15-8-16-11(17-10)14-4-2-5-18-7-9-3-1-6-19(9)12(18)20/h8-9H,1-7H2,(H,14,15,16,17)/t9-/m0/s1. The maximum absolute atomic E-state index is 12.1. The highest BCUT2D eigenvalue weighted by Gasteiger charge is 2.39. The maximum Gasteiger partial charge on any atom is 0.320 e. The summed E-state index contributed by atoms with van der Waals surface area (Å²) in [4.78, 5) is 27.6. The summed E-state index contributed by atoms with van der Waals surface area (Å²) in [6.45, 7) is 3.25. The molecule has 2 aliphatic heterocycles. The molecule has 108 valence electrons. The van der Waals surface area contributed by atoms with Crippen LogP contribution in [0.1, 0.15) is 19.3 Å². The molecule has 0 spiro atoms. The van der Waals surface area contributed by atoms with E-state index in [0.717, 1.165) is 38.9 Å². The van der Waals surface area contributed by atoms with Gasteiger partial charge in [-0.25, -0.2) is 14.8 Å². The van der Waals surface area contributed by atoms with Crippen LogP contribution >= 0.6 is 11.6 Å². The van der Waals surface area contributed by atoms with Gasteiger partial charge in [0.05, 0.1) is 6.04 Å². The van der Waals surface area contributed by atoms with Crippen molar-refractivity contribution in [3.8, 4) is 0 Å². The van der Waals surface area contributed by atoms with Gasteiger partial charge in [0, 0.05) is 26.2 Å². The van der Waals surface area contributed by atoms with E-state index in [-0.39, 0.29) is 11.3 Å². The molecular formula is C12H17ClN6O. The van der Waals surface area contributed by atoms with E-state index in [9.17, 15) is 4.79 Å². The molecule has 1 aromatic heterocycles. The average molecular weight is 297 g/mol. The van der Waals surface area contributed by atoms with E-state index in [0.29, 0.717) is 18.5 Å². The van der Waals surface area contributed by atoms with Crippen molar-refractivity contribution >= 4 is 23.6 Å². The lowest BCUT2D eigenvalue weighted by molar-refractivity contribution is 0.193. The Balaban J connectivity index is 1.41. The number of urea groups is 1. The number of nitrogens with one attached hydrogen (secondary N) is 1. The molecule has 0 aromatic carbocycles. The fourth-order valence-corrected chi connectivity index (χ4v) is 2.93. The first-order valence-corrected chi connectivity index (χ1v) is 7.26. The van der Waals surface area contributed by atoms with E-state index in [4.69, 9.17) is 11.6 Å². The smallest absolute Gasteiger partial charge is 0.320 e. The lowest BCUT2D eigenvalue weighted by Crippen LogP contribution is -2.33. The first-order chi connectivity index (χ1) is 9.74. The molecule has 3 heterocycles. The van der Waals surface area contributed by atoms with Crippen molar-refractivity contribution in [2.24, 2.45) is 0 Å². The lowest BCUT2D eigenvalue weighted by Gasteiger charge is -2.17. The highest BCUT2D eigenvalue weighted by atomic mass is 35.5. The molecule has 1 aromatic rings. The van der Waals surface area contributed by atoms with Crippen LogP contribution in [0, 0.1) is 0 Å². The van der Waals surface area contributed by atoms with Crippen LogP contribution in [0.3, 0.4) is 0 Å². The number of hydrogen-bond acceptors (Lipinski definition) is 5. The zero-order valence-electron chi connectivity index (χ0n) is 11.1. The largest absolute Gasteiger partial charge is 0.354 e. The van der Waals surface area contributed by atoms with Crippen molar-refractivity contribution in [2.45, 2.75) is 25.3 Å². The number of aromatic nitrogens is 3. The van der Waals surface area contributed by atoms with E-state index in [1.807, 2.05) is 9.80 Å². The topological polar surface area (TPSA) is 74.2 Å². The number of halogens is 1. The maximum atomic E-state index is 12.1. The van der Waals surface area contributed by atoms with Gasteiger partial charge >= 0.3 is 6.03 Å². The van der Waals surface area contributed by atoms with Crippen LogP contribution in [0.15, 0.2) is 6.33 Å². The zero-order chi connectivity index (χ0) is 13.9. The van der Waals surface area contributed by atoms with Gasteiger partial charge in [0.1, 0.15) is 6.33 Å². The number of nitrogens with zero attached hydrogens (tertiary/aromatic N) is 5. The second-order valence-corrected chi connectivity index (χ2v) is 5.41. The Bertz CT molecular complexity index is 499. The molecule has 2 amide bonds. The van der Waals surface area contributed by atoms with Crippen molar-refractivity contribution in [3.05, 3.63) is 11.6 Å². The fraction of sp³-hybridized carbons (Fsp3) is 0.667. The minimum Gasteiger partial charge on any atom is -0.354 e. The normalized spacial score (nSPS) is 21.4. The molecule has 0 bridgehead atoms. The summed E-state index contributed by atoms with van der Waals surface area (Å²) in [5.74, 6) is 0.471. The highest BCUT2D eigenvalue weighted by molar-refractivity contribution is 6.28. The Hall–Kier alpha value is -1.63. The average Bonchev–Trinajstić information content (AvgIpc) is 2.99. The van der Waals surface area contributed by atoms with Gasteiger partial charge < -0.3 is 15.1 Å². The molecule has 0 radical (unpaired) electrons. The summed E-state index contributed by atoms with van der Waals surface area (Å²) in [6.07, 6.45) is 4.52. The van der Waals surface area contributed by atoms with Gasteiger partial charge in [0.2, 0.25) is 11.2 Å². The van der Waals surface area contributed by atoms with Crippen molar-refractivity contribution in [1.29, 1.82) is 0 Å². The van der Waals surface area contributed by atoms with Crippen LogP contribution in [0.5, 0.6) is 0 Å². The summed E-state index contributed by atoms with van der Waals surface area (Å²) >= 11 is 5.67. The molecule has 1 atom stereocenters. The van der Waals surface area contributed by atoms with Gasteiger partial charge in [-0.1, -0.05) is 0 Å². The van der Waals surface area contributed by atoms with Gasteiger partial charge in [-0.3, -0.25) is 0 Å². The molecule has 0 unspecified atom stereocenters. The third-order valence-electron chi connectivity index (χ3n) is 3.75. The molecule has 1 N–H and O–H groups in total. The fourth-order valence-electron chi connectivity index (χ4n) is 2.81. The molecular weight excluding hydrogens is 280 g/mol. The number of fused-ring (bicyclic) bond motifs is 1. The van der Waals surface area contributed by atoms with E-state index in [2.05, 4.69) is 20.3 Å². The third-order valence-corrected chi connectivity index (χ3v) is 3.94. The first-order valence-electron chi connectivity index (χ1n) is 6.88. The number of anilines is 1. The number of carbonyl (C=O) groups excluding carboxylic acids is 1. The Morgan fingerprint density at radius 3 is 3.15 bits per heavy atom. The van der Waals surface area contributed by atoms with E-state index in [1.165, 1.54) is 6.33 Å². The van der Waals surface area contributed by atoms with Crippen LogP contribution in [0.25, 0.3) is 0 Å². The molecule has 8 heteroatoms. The number of rotatable bonds is 5. The minimum absolute atomic E-state index is 0.179. The molecule has 3 rings (SSSR count). The predicted octanol–water partition coefficient (Wildman–Crippen LogP) is 1.23. The quantitative estimate of drug-likeness (QED) is 0.827. The van der Waals surface area contributed by atoms with Gasteiger partial charge in [0.15, 0.2) is 0 Å². The molecule has 0 saturated carbocycles. The van der Waals surface area contributed by atoms with Crippen molar-refractivity contribution in [1.82, 2.24) is 24.8 Å². The SMILES string of the molecule is O=C1N(CCCNc2ncnc(Cl)n2)C[C@@H]2CCCN12. The Kier molecular flexibility index (Phi) is 3.86. The Labute approximate surface area is 122 Å². The van der Waals surface area contributed by atoms with Crippen LogP contribution < -0.4 is 5.32 Å². The van der Waals surface area contributed by atoms with Gasteiger partial charge in [-0.05, 0) is 30.9 Å². The second-order valence-electron chi connectivity index (χ2n) is 5.08. The molecule has 2 fully saturated rings. The van der Waals surface area contributed by atoms with Crippen LogP contribution in [0.4, 0.5) is 10.7 Å². The number of hydrogen-bond donors (Lipinski definition) is 1. The summed E-state index contributed by atoms with van der Waals surface area (Å²) < 4.78 is 0. The minimum atomic E-state index is 0.179. The van der Waals surface area contributed by atoms with Crippen LogP contribution in [-0.4, -0.2) is 63.0 Å². The van der Waals surface area contributed by atoms with Gasteiger partial charge in [-0.2, -0.15) is 4.98 Å². The number of amides is 2. The summed E-state index contributed by atoms with van der Waals surface area (Å²) in [6, 6.07) is 0.633. The zero-order valence-corrected chi connectivity index (χ0v) is 11.9. The predicted molar refractivity (Wildman–Crippen MR) is 74.6 cm³/mol. The van der Waals surface area contributed by atoms with Crippen molar-refractivity contribution in [2.75, 3.05) is 31.5 Å². The first kappa shape index (κ1) is 13.4. The van der Waals surface area contributed by atoms with Crippen molar-refractivity contribution in [3.63, 3.8) is 0 Å². The second kappa shape index (κ2) is 5.78. The molecule has 7 nitrogen and oxygen atoms in total. The molecule has 0 aliphatic carbocycles. The number of carbonyl (C=O) groups is 1. The monoisotopic (exact) mass is 296 g/mol. The molecule has 2 aliphatic rings. The van der Waals surface area contributed by atoms with Crippen LogP contribution in [-0.2, 0) is 0 Å². The highest BCUT2D eigenvalue weighted by Crippen LogP contribution is 2.25. The van der Waals surface area contributed by atoms with Crippen LogP contribution in [0.2, 0.25) is 5.28 Å². The van der Waals surface area contributed by atoms with Gasteiger partial charge in [-0.15, -0.1) is 0 Å². The van der Waals surface area contributed by atoms with E-state index in [1.54, 1.807) is 0 Å². The summed E-state index contributed by atoms with van der Waals surface area (Å²) in [5.41, 5.74) is 0. The Morgan fingerprint density at radius 1 is 1.45 bits per heavy atom. The summed E-state index contributed by atoms with van der Waals surface area (Å²) in [5, 5.41) is 3.25. The van der Waals surface area contributed by atoms with E-state index >= 15 is 0 Å².